The van der Waals surface area contributed by atoms with Crippen molar-refractivity contribution < 1.29 is 34.1 Å². The Kier molecular flexibility index (Phi) is 9.10. The maximum absolute atomic E-state index is 12.6. The largest absolute Gasteiger partial charge is 0.481 e. The van der Waals surface area contributed by atoms with Crippen LogP contribution < -0.4 is 15.8 Å². The number of ether oxygens (including phenoxy) is 1. The summed E-state index contributed by atoms with van der Waals surface area (Å²) in [5, 5.41) is 27.7. The third-order valence-corrected chi connectivity index (χ3v) is 5.78. The molecule has 0 saturated carbocycles. The van der Waals surface area contributed by atoms with E-state index in [9.17, 15) is 19.2 Å². The van der Waals surface area contributed by atoms with Crippen LogP contribution in [0.5, 0.6) is 5.75 Å². The Bertz CT molecular complexity index is 1030. The molecule has 0 aliphatic heterocycles. The van der Waals surface area contributed by atoms with Gasteiger partial charge in [0.1, 0.15) is 22.5 Å². The first-order chi connectivity index (χ1) is 15.6. The summed E-state index contributed by atoms with van der Waals surface area (Å²) in [4.78, 5) is 48.2. The zero-order valence-electron chi connectivity index (χ0n) is 17.9. The molecule has 10 nitrogen and oxygen atoms in total. The highest BCUT2D eigenvalue weighted by atomic mass is 32.1. The minimum Gasteiger partial charge on any atom is -0.481 e. The number of hydrogen-bond acceptors (Lipinski definition) is 7. The molecule has 2 rings (SSSR count). The number of esters is 1. The van der Waals surface area contributed by atoms with Gasteiger partial charge in [-0.2, -0.15) is 0 Å². The molecule has 1 heterocycles. The molecule has 176 valence electrons. The highest BCUT2D eigenvalue weighted by Gasteiger charge is 2.27. The van der Waals surface area contributed by atoms with Crippen molar-refractivity contribution in [1.82, 2.24) is 5.32 Å². The van der Waals surface area contributed by atoms with E-state index < -0.39 is 42.2 Å². The minimum atomic E-state index is -1.52. The normalized spacial score (nSPS) is 12.4. The third-order valence-electron chi connectivity index (χ3n) is 4.69. The van der Waals surface area contributed by atoms with Crippen molar-refractivity contribution in [3.05, 3.63) is 51.7 Å². The van der Waals surface area contributed by atoms with Gasteiger partial charge in [-0.05, 0) is 49.2 Å². The number of nitrogen functional groups attached to an aromatic ring is 1. The summed E-state index contributed by atoms with van der Waals surface area (Å²) in [6.07, 6.45) is 0.670. The molecule has 0 fully saturated rings. The Morgan fingerprint density at radius 3 is 2.33 bits per heavy atom. The van der Waals surface area contributed by atoms with Crippen molar-refractivity contribution in [1.29, 1.82) is 5.41 Å². The number of amides is 1. The summed E-state index contributed by atoms with van der Waals surface area (Å²) >= 11 is 1.16. The Labute approximate surface area is 193 Å². The molecule has 2 atom stereocenters. The van der Waals surface area contributed by atoms with E-state index in [4.69, 9.17) is 26.1 Å². The number of aliphatic carboxylic acids is 2. The van der Waals surface area contributed by atoms with Crippen LogP contribution in [0.3, 0.4) is 0 Å². The SMILES string of the molecule is CCCC(Cc1ccc(C(=O)Oc2ccc(C(=N)N)cc2)s1)C(=O)N[C@@H](CC(=O)O)C(=O)O. The third kappa shape index (κ3) is 7.72. The van der Waals surface area contributed by atoms with E-state index in [0.29, 0.717) is 29.0 Å². The van der Waals surface area contributed by atoms with Crippen molar-refractivity contribution >= 4 is 41.0 Å². The number of amidine groups is 1. The smallest absolute Gasteiger partial charge is 0.353 e. The van der Waals surface area contributed by atoms with Crippen molar-refractivity contribution in [2.24, 2.45) is 11.7 Å². The van der Waals surface area contributed by atoms with E-state index in [0.717, 1.165) is 16.2 Å². The van der Waals surface area contributed by atoms with E-state index in [2.05, 4.69) is 5.32 Å². The van der Waals surface area contributed by atoms with Gasteiger partial charge in [0.2, 0.25) is 5.91 Å². The van der Waals surface area contributed by atoms with Crippen molar-refractivity contribution in [3.63, 3.8) is 0 Å². The van der Waals surface area contributed by atoms with Crippen LogP contribution >= 0.6 is 11.3 Å². The predicted octanol–water partition coefficient (Wildman–Crippen LogP) is 2.25. The van der Waals surface area contributed by atoms with Crippen LogP contribution in [0.2, 0.25) is 0 Å². The van der Waals surface area contributed by atoms with E-state index >= 15 is 0 Å². The van der Waals surface area contributed by atoms with Crippen LogP contribution in [0, 0.1) is 11.3 Å². The van der Waals surface area contributed by atoms with Gasteiger partial charge in [-0.1, -0.05) is 13.3 Å². The molecule has 1 aromatic carbocycles. The Balaban J connectivity index is 2.04. The second-order valence-corrected chi connectivity index (χ2v) is 8.45. The highest BCUT2D eigenvalue weighted by molar-refractivity contribution is 7.13. The number of carbonyl (C=O) groups excluding carboxylic acids is 2. The standard InChI is InChI=1S/C22H25N3O7S/c1-2-3-13(20(28)25-16(21(29)30)11-18(26)27)10-15-8-9-17(33-15)22(31)32-14-6-4-12(5-7-14)19(23)24/h4-9,13,16H,2-3,10-11H2,1H3,(H3,23,24)(H,25,28)(H,26,27)(H,29,30)/t13?,16-/m0/s1. The van der Waals surface area contributed by atoms with Crippen LogP contribution in [0.15, 0.2) is 36.4 Å². The first-order valence-corrected chi connectivity index (χ1v) is 10.9. The van der Waals surface area contributed by atoms with Crippen LogP contribution in [0.1, 0.15) is 46.3 Å². The average Bonchev–Trinajstić information content (AvgIpc) is 3.21. The molecule has 0 aliphatic rings. The molecule has 0 radical (unpaired) electrons. The topological polar surface area (TPSA) is 180 Å². The van der Waals surface area contributed by atoms with Gasteiger partial charge in [0, 0.05) is 16.4 Å². The number of rotatable bonds is 12. The zero-order valence-corrected chi connectivity index (χ0v) is 18.7. The second kappa shape index (κ2) is 11.8. The number of carbonyl (C=O) groups is 4. The van der Waals surface area contributed by atoms with Gasteiger partial charge in [-0.25, -0.2) is 9.59 Å². The molecule has 1 amide bonds. The molecule has 2 aromatic rings. The summed E-state index contributed by atoms with van der Waals surface area (Å²) < 4.78 is 5.32. The van der Waals surface area contributed by atoms with Gasteiger partial charge in [0.05, 0.1) is 6.42 Å². The number of nitrogens with one attached hydrogen (secondary N) is 2. The van der Waals surface area contributed by atoms with Crippen LogP contribution in [0.25, 0.3) is 0 Å². The monoisotopic (exact) mass is 475 g/mol. The lowest BCUT2D eigenvalue weighted by Crippen LogP contribution is -2.45. The fourth-order valence-corrected chi connectivity index (χ4v) is 4.00. The molecular weight excluding hydrogens is 450 g/mol. The predicted molar refractivity (Wildman–Crippen MR) is 121 cm³/mol. The summed E-state index contributed by atoms with van der Waals surface area (Å²) in [7, 11) is 0. The maximum Gasteiger partial charge on any atom is 0.353 e. The summed E-state index contributed by atoms with van der Waals surface area (Å²) in [6, 6.07) is 7.94. The van der Waals surface area contributed by atoms with Gasteiger partial charge in [-0.15, -0.1) is 11.3 Å². The fourth-order valence-electron chi connectivity index (χ4n) is 3.04. The van der Waals surface area contributed by atoms with E-state index in [1.54, 1.807) is 24.3 Å². The Morgan fingerprint density at radius 1 is 1.12 bits per heavy atom. The van der Waals surface area contributed by atoms with Crippen LogP contribution in [-0.4, -0.2) is 45.9 Å². The van der Waals surface area contributed by atoms with E-state index in [1.807, 2.05) is 6.92 Å². The molecule has 0 saturated heterocycles. The van der Waals surface area contributed by atoms with Gasteiger partial charge in [0.15, 0.2) is 0 Å². The Morgan fingerprint density at radius 2 is 1.79 bits per heavy atom. The van der Waals surface area contributed by atoms with Crippen molar-refractivity contribution in [2.45, 2.75) is 38.6 Å². The van der Waals surface area contributed by atoms with Crippen molar-refractivity contribution in [2.75, 3.05) is 0 Å². The first kappa shape index (κ1) is 25.5. The molecule has 0 aliphatic carbocycles. The van der Waals surface area contributed by atoms with E-state index in [-0.39, 0.29) is 12.3 Å². The number of nitrogens with two attached hydrogens (primary N) is 1. The molecule has 6 N–H and O–H groups in total. The maximum atomic E-state index is 12.6. The van der Waals surface area contributed by atoms with Gasteiger partial charge in [-0.3, -0.25) is 15.0 Å². The summed E-state index contributed by atoms with van der Waals surface area (Å²) in [5.74, 6) is -4.25. The number of benzene rings is 1. The average molecular weight is 476 g/mol. The molecular formula is C22H25N3O7S. The molecule has 1 unspecified atom stereocenters. The van der Waals surface area contributed by atoms with E-state index in [1.165, 1.54) is 12.1 Å². The van der Waals surface area contributed by atoms with Gasteiger partial charge in [0.25, 0.3) is 0 Å². The number of carboxylic acid groups (broad SMARTS) is 2. The number of hydrogen-bond donors (Lipinski definition) is 5. The zero-order chi connectivity index (χ0) is 24.5. The lowest BCUT2D eigenvalue weighted by molar-refractivity contribution is -0.147. The molecule has 0 spiro atoms. The highest BCUT2D eigenvalue weighted by Crippen LogP contribution is 2.24. The number of carboxylic acids is 2. The molecule has 33 heavy (non-hydrogen) atoms. The minimum absolute atomic E-state index is 0.0981. The molecule has 0 bridgehead atoms. The quantitative estimate of drug-likeness (QED) is 0.134. The number of thiophene rings is 1. The fraction of sp³-hybridized carbons (Fsp3) is 0.318. The molecule has 1 aromatic heterocycles. The van der Waals surface area contributed by atoms with Gasteiger partial charge >= 0.3 is 17.9 Å². The molecule has 11 heteroatoms. The lowest BCUT2D eigenvalue weighted by atomic mass is 9.97. The van der Waals surface area contributed by atoms with Gasteiger partial charge < -0.3 is 26.0 Å². The van der Waals surface area contributed by atoms with Crippen molar-refractivity contribution in [3.8, 4) is 5.75 Å². The lowest BCUT2D eigenvalue weighted by Gasteiger charge is -2.18. The summed E-state index contributed by atoms with van der Waals surface area (Å²) in [5.41, 5.74) is 5.90. The van der Waals surface area contributed by atoms with Crippen LogP contribution in [-0.2, 0) is 20.8 Å². The second-order valence-electron chi connectivity index (χ2n) is 7.28. The Hall–Kier alpha value is -3.73. The summed E-state index contributed by atoms with van der Waals surface area (Å²) in [6.45, 7) is 1.88. The first-order valence-electron chi connectivity index (χ1n) is 10.1. The van der Waals surface area contributed by atoms with Crippen LogP contribution in [0.4, 0.5) is 0 Å².